The average Bonchev–Trinajstić information content (AvgIpc) is 2.86. The van der Waals surface area contributed by atoms with Crippen LogP contribution in [0.2, 0.25) is 0 Å². The number of pyridine rings is 1. The third kappa shape index (κ3) is 1.97. The molecule has 0 bridgehead atoms. The van der Waals surface area contributed by atoms with Crippen LogP contribution in [0.25, 0.3) is 22.2 Å². The standard InChI is InChI=1S/C14H10N2O4/c1-8-6-11(13-4-5-14(20-13)16(18)19)10-3-2-9(17)7-12(10)15-8/h2-7,17H,1H3. The van der Waals surface area contributed by atoms with E-state index >= 15 is 0 Å². The second kappa shape index (κ2) is 4.34. The summed E-state index contributed by atoms with van der Waals surface area (Å²) in [6.07, 6.45) is 0. The minimum atomic E-state index is -0.578. The molecule has 0 aliphatic rings. The highest BCUT2D eigenvalue weighted by Gasteiger charge is 2.15. The second-order valence-corrected chi connectivity index (χ2v) is 4.41. The van der Waals surface area contributed by atoms with Crippen LogP contribution >= 0.6 is 0 Å². The molecule has 0 saturated heterocycles. The fraction of sp³-hybridized carbons (Fsp3) is 0.0714. The van der Waals surface area contributed by atoms with E-state index in [9.17, 15) is 15.2 Å². The van der Waals surface area contributed by atoms with E-state index < -0.39 is 4.92 Å². The Bertz CT molecular complexity index is 818. The third-order valence-corrected chi connectivity index (χ3v) is 2.96. The Labute approximate surface area is 113 Å². The quantitative estimate of drug-likeness (QED) is 0.569. The minimum absolute atomic E-state index is 0.118. The van der Waals surface area contributed by atoms with Gasteiger partial charge in [0.1, 0.15) is 16.4 Å². The summed E-state index contributed by atoms with van der Waals surface area (Å²) in [5, 5.41) is 21.0. The first kappa shape index (κ1) is 12.2. The molecule has 100 valence electrons. The van der Waals surface area contributed by atoms with Crippen molar-refractivity contribution in [2.75, 3.05) is 0 Å². The van der Waals surface area contributed by atoms with Crippen LogP contribution in [0.5, 0.6) is 5.75 Å². The lowest BCUT2D eigenvalue weighted by Crippen LogP contribution is -1.87. The number of fused-ring (bicyclic) bond motifs is 1. The van der Waals surface area contributed by atoms with Crippen LogP contribution in [0.4, 0.5) is 5.88 Å². The number of aromatic hydroxyl groups is 1. The molecule has 20 heavy (non-hydrogen) atoms. The highest BCUT2D eigenvalue weighted by Crippen LogP contribution is 2.33. The monoisotopic (exact) mass is 270 g/mol. The molecule has 3 aromatic rings. The van der Waals surface area contributed by atoms with Gasteiger partial charge in [-0.05, 0) is 31.2 Å². The van der Waals surface area contributed by atoms with Crippen molar-refractivity contribution in [1.29, 1.82) is 0 Å². The average molecular weight is 270 g/mol. The predicted octanol–water partition coefficient (Wildman–Crippen LogP) is 3.42. The molecular weight excluding hydrogens is 260 g/mol. The van der Waals surface area contributed by atoms with Gasteiger partial charge in [-0.3, -0.25) is 15.1 Å². The van der Waals surface area contributed by atoms with Gasteiger partial charge in [-0.1, -0.05) is 0 Å². The number of hydrogen-bond acceptors (Lipinski definition) is 5. The fourth-order valence-electron chi connectivity index (χ4n) is 2.12. The molecule has 2 aromatic heterocycles. The van der Waals surface area contributed by atoms with Crippen molar-refractivity contribution in [3.05, 3.63) is 52.2 Å². The van der Waals surface area contributed by atoms with Crippen LogP contribution < -0.4 is 0 Å². The van der Waals surface area contributed by atoms with Gasteiger partial charge in [0.05, 0.1) is 11.6 Å². The summed E-state index contributed by atoms with van der Waals surface area (Å²) < 4.78 is 5.24. The first-order valence-electron chi connectivity index (χ1n) is 5.89. The molecule has 6 nitrogen and oxygen atoms in total. The molecule has 0 aliphatic carbocycles. The zero-order valence-corrected chi connectivity index (χ0v) is 10.5. The maximum atomic E-state index is 10.7. The van der Waals surface area contributed by atoms with Crippen molar-refractivity contribution in [3.8, 4) is 17.1 Å². The molecule has 2 heterocycles. The molecule has 0 fully saturated rings. The van der Waals surface area contributed by atoms with Gasteiger partial charge in [0.2, 0.25) is 0 Å². The van der Waals surface area contributed by atoms with Crippen molar-refractivity contribution < 1.29 is 14.4 Å². The molecule has 0 saturated carbocycles. The Morgan fingerprint density at radius 3 is 2.75 bits per heavy atom. The van der Waals surface area contributed by atoms with E-state index in [1.807, 2.05) is 6.92 Å². The lowest BCUT2D eigenvalue weighted by molar-refractivity contribution is -0.401. The summed E-state index contributed by atoms with van der Waals surface area (Å²) in [7, 11) is 0. The van der Waals surface area contributed by atoms with Crippen molar-refractivity contribution >= 4 is 16.8 Å². The van der Waals surface area contributed by atoms with E-state index in [1.54, 1.807) is 30.3 Å². The number of phenolic OH excluding ortho intramolecular Hbond substituents is 1. The summed E-state index contributed by atoms with van der Waals surface area (Å²) in [5.74, 6) is 0.214. The van der Waals surface area contributed by atoms with E-state index in [0.29, 0.717) is 16.8 Å². The number of hydrogen-bond donors (Lipinski definition) is 1. The van der Waals surface area contributed by atoms with Gasteiger partial charge >= 0.3 is 5.88 Å². The van der Waals surface area contributed by atoms with E-state index in [2.05, 4.69) is 4.98 Å². The molecule has 6 heteroatoms. The molecule has 0 aliphatic heterocycles. The number of furan rings is 1. The SMILES string of the molecule is Cc1cc(-c2ccc([N+](=O)[O-])o2)c2ccc(O)cc2n1. The van der Waals surface area contributed by atoms with Gasteiger partial charge in [-0.25, -0.2) is 0 Å². The van der Waals surface area contributed by atoms with Crippen LogP contribution in [-0.2, 0) is 0 Å². The molecule has 0 unspecified atom stereocenters. The zero-order chi connectivity index (χ0) is 14.3. The number of rotatable bonds is 2. The molecule has 0 atom stereocenters. The van der Waals surface area contributed by atoms with Crippen molar-refractivity contribution in [2.45, 2.75) is 6.92 Å². The number of benzene rings is 1. The van der Waals surface area contributed by atoms with Gasteiger partial charge in [-0.15, -0.1) is 0 Å². The van der Waals surface area contributed by atoms with E-state index in [1.165, 1.54) is 6.07 Å². The first-order chi connectivity index (χ1) is 9.54. The Morgan fingerprint density at radius 2 is 2.05 bits per heavy atom. The molecule has 1 aromatic carbocycles. The number of aromatic nitrogens is 1. The Morgan fingerprint density at radius 1 is 1.25 bits per heavy atom. The van der Waals surface area contributed by atoms with E-state index in [0.717, 1.165) is 11.1 Å². The van der Waals surface area contributed by atoms with Gasteiger partial charge in [-0.2, -0.15) is 0 Å². The molecule has 0 amide bonds. The Balaban J connectivity index is 2.26. The van der Waals surface area contributed by atoms with Crippen LogP contribution in [-0.4, -0.2) is 15.0 Å². The predicted molar refractivity (Wildman–Crippen MR) is 72.5 cm³/mol. The molecule has 0 spiro atoms. The highest BCUT2D eigenvalue weighted by molar-refractivity contribution is 5.94. The van der Waals surface area contributed by atoms with E-state index in [4.69, 9.17) is 4.42 Å². The minimum Gasteiger partial charge on any atom is -0.508 e. The van der Waals surface area contributed by atoms with Gasteiger partial charge in [0, 0.05) is 22.7 Å². The number of aryl methyl sites for hydroxylation is 1. The van der Waals surface area contributed by atoms with Crippen LogP contribution in [0.3, 0.4) is 0 Å². The normalized spacial score (nSPS) is 10.8. The summed E-state index contributed by atoms with van der Waals surface area (Å²) >= 11 is 0. The van der Waals surface area contributed by atoms with Crippen LogP contribution in [0, 0.1) is 17.0 Å². The van der Waals surface area contributed by atoms with Crippen molar-refractivity contribution in [2.24, 2.45) is 0 Å². The third-order valence-electron chi connectivity index (χ3n) is 2.96. The van der Waals surface area contributed by atoms with Gasteiger partial charge in [0.15, 0.2) is 0 Å². The number of phenols is 1. The summed E-state index contributed by atoms with van der Waals surface area (Å²) in [5.41, 5.74) is 2.05. The van der Waals surface area contributed by atoms with Crippen molar-refractivity contribution in [1.82, 2.24) is 4.98 Å². The molecule has 0 radical (unpaired) electrons. The van der Waals surface area contributed by atoms with Crippen molar-refractivity contribution in [3.63, 3.8) is 0 Å². The summed E-state index contributed by atoms with van der Waals surface area (Å²) in [6, 6.07) is 9.46. The van der Waals surface area contributed by atoms with Gasteiger partial charge in [0.25, 0.3) is 0 Å². The molecule has 3 rings (SSSR count). The van der Waals surface area contributed by atoms with E-state index in [-0.39, 0.29) is 11.6 Å². The lowest BCUT2D eigenvalue weighted by atomic mass is 10.1. The summed E-state index contributed by atoms with van der Waals surface area (Å²) in [4.78, 5) is 14.4. The molecule has 1 N–H and O–H groups in total. The Hall–Kier alpha value is -2.89. The second-order valence-electron chi connectivity index (χ2n) is 4.41. The Kier molecular flexibility index (Phi) is 2.64. The largest absolute Gasteiger partial charge is 0.508 e. The highest BCUT2D eigenvalue weighted by atomic mass is 16.6. The molecular formula is C14H10N2O4. The maximum absolute atomic E-state index is 10.7. The zero-order valence-electron chi connectivity index (χ0n) is 10.5. The fourth-order valence-corrected chi connectivity index (χ4v) is 2.12. The maximum Gasteiger partial charge on any atom is 0.433 e. The first-order valence-corrected chi connectivity index (χ1v) is 5.89. The van der Waals surface area contributed by atoms with Crippen LogP contribution in [0.1, 0.15) is 5.69 Å². The summed E-state index contributed by atoms with van der Waals surface area (Å²) in [6.45, 7) is 1.81. The van der Waals surface area contributed by atoms with Crippen LogP contribution in [0.15, 0.2) is 40.8 Å². The smallest absolute Gasteiger partial charge is 0.433 e. The number of nitrogens with zero attached hydrogens (tertiary/aromatic N) is 2. The number of nitro groups is 1. The topological polar surface area (TPSA) is 89.4 Å². The van der Waals surface area contributed by atoms with Gasteiger partial charge < -0.3 is 9.52 Å². The lowest BCUT2D eigenvalue weighted by Gasteiger charge is -2.05.